The highest BCUT2D eigenvalue weighted by atomic mass is 35.5. The molecule has 1 amide bonds. The molecule has 2 atom stereocenters. The monoisotopic (exact) mass is 362 g/mol. The zero-order valence-corrected chi connectivity index (χ0v) is 14.7. The lowest BCUT2D eigenvalue weighted by Gasteiger charge is -2.25. The maximum atomic E-state index is 12.6. The minimum atomic E-state index is -0.0343. The molecule has 7 nitrogen and oxygen atoms in total. The quantitative estimate of drug-likeness (QED) is 0.899. The van der Waals surface area contributed by atoms with E-state index in [1.807, 2.05) is 4.90 Å². The Bertz CT molecular complexity index is 875. The Kier molecular flexibility index (Phi) is 4.11. The summed E-state index contributed by atoms with van der Waals surface area (Å²) >= 11 is 5.72. The van der Waals surface area contributed by atoms with E-state index in [0.29, 0.717) is 42.0 Å². The number of amides is 1. The van der Waals surface area contributed by atoms with Gasteiger partial charge in [-0.25, -0.2) is 4.98 Å². The molecule has 1 fully saturated rings. The number of H-pyrrole nitrogens is 1. The third kappa shape index (κ3) is 3.08. The molecule has 3 heterocycles. The Morgan fingerprint density at radius 2 is 2.32 bits per heavy atom. The highest BCUT2D eigenvalue weighted by Gasteiger charge is 2.41. The van der Waals surface area contributed by atoms with Crippen molar-refractivity contribution < 1.29 is 9.32 Å². The minimum absolute atomic E-state index is 0.0343. The van der Waals surface area contributed by atoms with Crippen LogP contribution >= 0.6 is 11.6 Å². The molecule has 0 spiro atoms. The van der Waals surface area contributed by atoms with Gasteiger partial charge in [0.15, 0.2) is 5.15 Å². The van der Waals surface area contributed by atoms with Crippen molar-refractivity contribution in [3.63, 3.8) is 0 Å². The van der Waals surface area contributed by atoms with Gasteiger partial charge < -0.3 is 14.4 Å². The lowest BCUT2D eigenvalue weighted by atomic mass is 9.80. The topological polar surface area (TPSA) is 92.1 Å². The molecule has 1 N–H and O–H groups in total. The molecule has 132 valence electrons. The number of halogens is 1. The van der Waals surface area contributed by atoms with Crippen molar-refractivity contribution in [3.05, 3.63) is 44.4 Å². The summed E-state index contributed by atoms with van der Waals surface area (Å²) in [5.74, 6) is 1.88. The van der Waals surface area contributed by atoms with Crippen LogP contribution in [0.25, 0.3) is 0 Å². The third-order valence-electron chi connectivity index (χ3n) is 5.19. The Labute approximate surface area is 149 Å². The molecule has 25 heavy (non-hydrogen) atoms. The van der Waals surface area contributed by atoms with Crippen LogP contribution in [0.2, 0.25) is 5.15 Å². The molecule has 2 aromatic heterocycles. The summed E-state index contributed by atoms with van der Waals surface area (Å²) in [5.41, 5.74) is 1.64. The standard InChI is InChI=1S/C17H19ClN4O3/c1-9-19-16-12(17(24)20-9)4-2-10-7-22(8-13(10)16)15(23)5-3-11-6-14(18)21-25-11/h6,10,13H,2-5,7-8H2,1H3,(H,19,20,24)/t10-,13+/m1/s1. The molecule has 2 aliphatic rings. The van der Waals surface area contributed by atoms with Gasteiger partial charge in [-0.1, -0.05) is 16.8 Å². The summed E-state index contributed by atoms with van der Waals surface area (Å²) in [6.07, 6.45) is 2.50. The van der Waals surface area contributed by atoms with Crippen LogP contribution < -0.4 is 5.56 Å². The second-order valence-electron chi connectivity index (χ2n) is 6.84. The van der Waals surface area contributed by atoms with Crippen molar-refractivity contribution in [2.45, 2.75) is 38.5 Å². The van der Waals surface area contributed by atoms with Gasteiger partial charge in [0, 0.05) is 43.5 Å². The average Bonchev–Trinajstić information content (AvgIpc) is 3.18. The summed E-state index contributed by atoms with van der Waals surface area (Å²) in [6.45, 7) is 3.16. The van der Waals surface area contributed by atoms with Gasteiger partial charge in [0.05, 0.1) is 5.69 Å². The first-order valence-corrected chi connectivity index (χ1v) is 8.87. The lowest BCUT2D eigenvalue weighted by Crippen LogP contribution is -2.29. The Morgan fingerprint density at radius 3 is 3.08 bits per heavy atom. The van der Waals surface area contributed by atoms with E-state index >= 15 is 0 Å². The molecule has 0 radical (unpaired) electrons. The van der Waals surface area contributed by atoms with Crippen molar-refractivity contribution in [1.29, 1.82) is 0 Å². The van der Waals surface area contributed by atoms with Crippen LogP contribution in [-0.2, 0) is 17.6 Å². The first-order chi connectivity index (χ1) is 12.0. The number of fused-ring (bicyclic) bond motifs is 3. The smallest absolute Gasteiger partial charge is 0.254 e. The van der Waals surface area contributed by atoms with Crippen molar-refractivity contribution >= 4 is 17.5 Å². The first-order valence-electron chi connectivity index (χ1n) is 8.50. The van der Waals surface area contributed by atoms with Crippen molar-refractivity contribution in [1.82, 2.24) is 20.0 Å². The van der Waals surface area contributed by atoms with E-state index in [1.165, 1.54) is 0 Å². The molecule has 2 aromatic rings. The number of carbonyl (C=O) groups is 1. The molecule has 4 rings (SSSR count). The van der Waals surface area contributed by atoms with Crippen LogP contribution in [0, 0.1) is 12.8 Å². The number of hydrogen-bond donors (Lipinski definition) is 1. The van der Waals surface area contributed by atoms with Gasteiger partial charge in [-0.15, -0.1) is 0 Å². The maximum absolute atomic E-state index is 12.6. The largest absolute Gasteiger partial charge is 0.360 e. The zero-order valence-electron chi connectivity index (χ0n) is 13.9. The highest BCUT2D eigenvalue weighted by molar-refractivity contribution is 6.29. The second-order valence-corrected chi connectivity index (χ2v) is 7.22. The van der Waals surface area contributed by atoms with Gasteiger partial charge in [0.1, 0.15) is 11.6 Å². The van der Waals surface area contributed by atoms with E-state index in [4.69, 9.17) is 16.1 Å². The normalized spacial score (nSPS) is 21.9. The van der Waals surface area contributed by atoms with E-state index in [9.17, 15) is 9.59 Å². The van der Waals surface area contributed by atoms with Gasteiger partial charge in [0.25, 0.3) is 5.56 Å². The molecule has 1 aliphatic heterocycles. The van der Waals surface area contributed by atoms with Gasteiger partial charge >= 0.3 is 0 Å². The van der Waals surface area contributed by atoms with E-state index in [0.717, 1.165) is 30.6 Å². The van der Waals surface area contributed by atoms with E-state index in [1.54, 1.807) is 13.0 Å². The number of aromatic amines is 1. The van der Waals surface area contributed by atoms with Crippen LogP contribution in [0.4, 0.5) is 0 Å². The number of nitrogens with zero attached hydrogens (tertiary/aromatic N) is 3. The van der Waals surface area contributed by atoms with Gasteiger partial charge in [-0.05, 0) is 25.7 Å². The number of rotatable bonds is 3. The third-order valence-corrected chi connectivity index (χ3v) is 5.37. The van der Waals surface area contributed by atoms with Crippen molar-refractivity contribution in [2.75, 3.05) is 13.1 Å². The fourth-order valence-corrected chi connectivity index (χ4v) is 4.14. The summed E-state index contributed by atoms with van der Waals surface area (Å²) in [7, 11) is 0. The zero-order chi connectivity index (χ0) is 17.6. The predicted octanol–water partition coefficient (Wildman–Crippen LogP) is 1.84. The molecular weight excluding hydrogens is 344 g/mol. The number of likely N-dealkylation sites (tertiary alicyclic amines) is 1. The number of aryl methyl sites for hydroxylation is 2. The summed E-state index contributed by atoms with van der Waals surface area (Å²) in [4.78, 5) is 33.9. The van der Waals surface area contributed by atoms with Gasteiger partial charge in [-0.2, -0.15) is 0 Å². The summed E-state index contributed by atoms with van der Waals surface area (Å²) in [5, 5.41) is 3.92. The number of carbonyl (C=O) groups excluding carboxylic acids is 1. The summed E-state index contributed by atoms with van der Waals surface area (Å²) < 4.78 is 5.04. The average molecular weight is 363 g/mol. The number of hydrogen-bond acceptors (Lipinski definition) is 5. The SMILES string of the molecule is Cc1nc2c(c(=O)[nH]1)CC[C@@H]1CN(C(=O)CCc3cc(Cl)no3)C[C@H]21. The van der Waals surface area contributed by atoms with E-state index < -0.39 is 0 Å². The van der Waals surface area contributed by atoms with Crippen LogP contribution in [0.3, 0.4) is 0 Å². The van der Waals surface area contributed by atoms with E-state index in [2.05, 4.69) is 15.1 Å². The molecule has 0 bridgehead atoms. The minimum Gasteiger partial charge on any atom is -0.360 e. The van der Waals surface area contributed by atoms with Gasteiger partial charge in [0.2, 0.25) is 5.91 Å². The summed E-state index contributed by atoms with van der Waals surface area (Å²) in [6, 6.07) is 1.63. The van der Waals surface area contributed by atoms with E-state index in [-0.39, 0.29) is 17.4 Å². The first kappa shape index (κ1) is 16.3. The highest BCUT2D eigenvalue weighted by Crippen LogP contribution is 2.39. The molecule has 1 aliphatic carbocycles. The number of aromatic nitrogens is 3. The van der Waals surface area contributed by atoms with Crippen LogP contribution in [0.15, 0.2) is 15.4 Å². The lowest BCUT2D eigenvalue weighted by molar-refractivity contribution is -0.130. The molecule has 8 heteroatoms. The second kappa shape index (κ2) is 6.29. The Hall–Kier alpha value is -2.15. The molecule has 0 aromatic carbocycles. The molecule has 0 saturated carbocycles. The van der Waals surface area contributed by atoms with Crippen LogP contribution in [0.1, 0.15) is 41.6 Å². The fraction of sp³-hybridized carbons (Fsp3) is 0.529. The van der Waals surface area contributed by atoms with Crippen LogP contribution in [-0.4, -0.2) is 39.0 Å². The number of nitrogens with one attached hydrogen (secondary N) is 1. The Morgan fingerprint density at radius 1 is 1.48 bits per heavy atom. The molecule has 0 unspecified atom stereocenters. The van der Waals surface area contributed by atoms with Gasteiger partial charge in [-0.3, -0.25) is 9.59 Å². The van der Waals surface area contributed by atoms with Crippen molar-refractivity contribution in [3.8, 4) is 0 Å². The molecule has 1 saturated heterocycles. The predicted molar refractivity (Wildman–Crippen MR) is 90.6 cm³/mol. The van der Waals surface area contributed by atoms with Crippen LogP contribution in [0.5, 0.6) is 0 Å². The maximum Gasteiger partial charge on any atom is 0.254 e. The molecular formula is C17H19ClN4O3. The fourth-order valence-electron chi connectivity index (χ4n) is 3.98. The van der Waals surface area contributed by atoms with Crippen molar-refractivity contribution in [2.24, 2.45) is 5.92 Å². The Balaban J connectivity index is 1.47.